The topological polar surface area (TPSA) is 86.5 Å². The first-order valence-corrected chi connectivity index (χ1v) is 6.41. The molecule has 17 heavy (non-hydrogen) atoms. The summed E-state index contributed by atoms with van der Waals surface area (Å²) in [6.07, 6.45) is 0.547. The molecule has 5 nitrogen and oxygen atoms in total. The lowest BCUT2D eigenvalue weighted by atomic mass is 10.2. The second-order valence-electron chi connectivity index (χ2n) is 3.29. The van der Waals surface area contributed by atoms with Crippen molar-refractivity contribution in [3.8, 4) is 0 Å². The molecule has 0 aromatic heterocycles. The quantitative estimate of drug-likeness (QED) is 0.820. The fourth-order valence-electron chi connectivity index (χ4n) is 1.21. The lowest BCUT2D eigenvalue weighted by molar-refractivity contribution is 0.0495. The van der Waals surface area contributed by atoms with E-state index >= 15 is 0 Å². The number of esters is 1. The van der Waals surface area contributed by atoms with Gasteiger partial charge >= 0.3 is 5.97 Å². The summed E-state index contributed by atoms with van der Waals surface area (Å²) in [4.78, 5) is 10.9. The van der Waals surface area contributed by atoms with Crippen LogP contribution in [0.5, 0.6) is 0 Å². The highest BCUT2D eigenvalue weighted by molar-refractivity contribution is 7.89. The first-order chi connectivity index (χ1) is 7.88. The molecule has 0 spiro atoms. The van der Waals surface area contributed by atoms with Crippen LogP contribution in [0.15, 0.2) is 23.1 Å². The second kappa shape index (κ2) is 5.24. The van der Waals surface area contributed by atoms with Crippen LogP contribution < -0.4 is 5.14 Å². The Morgan fingerprint density at radius 3 is 2.65 bits per heavy atom. The van der Waals surface area contributed by atoms with Crippen molar-refractivity contribution < 1.29 is 22.3 Å². The third kappa shape index (κ3) is 3.24. The molecule has 1 aromatic carbocycles. The zero-order valence-corrected chi connectivity index (χ0v) is 9.96. The Labute approximate surface area is 98.4 Å². The number of nitrogens with two attached hydrogens (primary N) is 1. The van der Waals surface area contributed by atoms with Gasteiger partial charge in [0, 0.05) is 0 Å². The molecule has 0 aliphatic carbocycles. The number of carbonyl (C=O) groups excluding carboxylic acids is 1. The predicted molar refractivity (Wildman–Crippen MR) is 58.3 cm³/mol. The van der Waals surface area contributed by atoms with Gasteiger partial charge in [-0.1, -0.05) is 13.0 Å². The van der Waals surface area contributed by atoms with Gasteiger partial charge in [0.25, 0.3) is 0 Å². The van der Waals surface area contributed by atoms with Gasteiger partial charge in [-0.05, 0) is 18.6 Å². The number of benzene rings is 1. The normalized spacial score (nSPS) is 11.2. The van der Waals surface area contributed by atoms with Gasteiger partial charge in [0.1, 0.15) is 11.4 Å². The Bertz CT molecular complexity index is 527. The van der Waals surface area contributed by atoms with Crippen LogP contribution in [-0.4, -0.2) is 21.0 Å². The SMILES string of the molecule is CCCOC(=O)c1c(F)cccc1S(N)(=O)=O. The largest absolute Gasteiger partial charge is 0.462 e. The van der Waals surface area contributed by atoms with Crippen LogP contribution in [0.4, 0.5) is 4.39 Å². The van der Waals surface area contributed by atoms with Crippen molar-refractivity contribution in [2.45, 2.75) is 18.2 Å². The highest BCUT2D eigenvalue weighted by Crippen LogP contribution is 2.18. The maximum atomic E-state index is 13.4. The molecule has 0 amide bonds. The van der Waals surface area contributed by atoms with E-state index in [0.29, 0.717) is 6.42 Å². The number of hydrogen-bond donors (Lipinski definition) is 1. The molecule has 0 unspecified atom stereocenters. The van der Waals surface area contributed by atoms with Crippen molar-refractivity contribution in [2.75, 3.05) is 6.61 Å². The fraction of sp³-hybridized carbons (Fsp3) is 0.300. The van der Waals surface area contributed by atoms with Gasteiger partial charge < -0.3 is 4.74 Å². The van der Waals surface area contributed by atoms with Gasteiger partial charge in [0.05, 0.1) is 11.5 Å². The average Bonchev–Trinajstić information content (AvgIpc) is 2.24. The lowest BCUT2D eigenvalue weighted by Gasteiger charge is -2.08. The molecule has 0 saturated heterocycles. The van der Waals surface area contributed by atoms with E-state index in [1.807, 2.05) is 0 Å². The summed E-state index contributed by atoms with van der Waals surface area (Å²) in [6.45, 7) is 1.84. The number of hydrogen-bond acceptors (Lipinski definition) is 4. The Kier molecular flexibility index (Phi) is 4.19. The van der Waals surface area contributed by atoms with Crippen molar-refractivity contribution in [3.63, 3.8) is 0 Å². The molecule has 7 heteroatoms. The molecule has 1 aromatic rings. The van der Waals surface area contributed by atoms with Crippen molar-refractivity contribution in [1.82, 2.24) is 0 Å². The first kappa shape index (κ1) is 13.6. The molecule has 1 rings (SSSR count). The van der Waals surface area contributed by atoms with Crippen LogP contribution in [-0.2, 0) is 14.8 Å². The van der Waals surface area contributed by atoms with E-state index in [4.69, 9.17) is 9.88 Å². The van der Waals surface area contributed by atoms with Gasteiger partial charge in [0.15, 0.2) is 0 Å². The van der Waals surface area contributed by atoms with Crippen LogP contribution in [0.3, 0.4) is 0 Å². The molecule has 0 aliphatic rings. The third-order valence-electron chi connectivity index (χ3n) is 1.92. The Hall–Kier alpha value is -1.47. The molecule has 0 aliphatic heterocycles. The van der Waals surface area contributed by atoms with Crippen molar-refractivity contribution in [3.05, 3.63) is 29.6 Å². The van der Waals surface area contributed by atoms with Crippen LogP contribution in [0.1, 0.15) is 23.7 Å². The minimum Gasteiger partial charge on any atom is -0.462 e. The number of primary sulfonamides is 1. The van der Waals surface area contributed by atoms with Gasteiger partial charge in [-0.15, -0.1) is 0 Å². The molecule has 0 radical (unpaired) electrons. The monoisotopic (exact) mass is 261 g/mol. The highest BCUT2D eigenvalue weighted by Gasteiger charge is 2.24. The Balaban J connectivity index is 3.26. The highest BCUT2D eigenvalue weighted by atomic mass is 32.2. The van der Waals surface area contributed by atoms with Gasteiger partial charge in [0.2, 0.25) is 10.0 Å². The summed E-state index contributed by atoms with van der Waals surface area (Å²) in [6, 6.07) is 3.18. The molecule has 94 valence electrons. The summed E-state index contributed by atoms with van der Waals surface area (Å²) in [5.41, 5.74) is -0.650. The lowest BCUT2D eigenvalue weighted by Crippen LogP contribution is -2.19. The van der Waals surface area contributed by atoms with Gasteiger partial charge in [-0.2, -0.15) is 0 Å². The number of sulfonamides is 1. The number of carbonyl (C=O) groups is 1. The van der Waals surface area contributed by atoms with Gasteiger partial charge in [-0.25, -0.2) is 22.7 Å². The zero-order valence-electron chi connectivity index (χ0n) is 9.14. The summed E-state index contributed by atoms with van der Waals surface area (Å²) in [7, 11) is -4.17. The third-order valence-corrected chi connectivity index (χ3v) is 2.88. The molecule has 0 heterocycles. The van der Waals surface area contributed by atoms with Crippen molar-refractivity contribution >= 4 is 16.0 Å². The minimum absolute atomic E-state index is 0.0806. The summed E-state index contributed by atoms with van der Waals surface area (Å²) < 4.78 is 40.5. The van der Waals surface area contributed by atoms with E-state index in [2.05, 4.69) is 0 Å². The Morgan fingerprint density at radius 1 is 1.47 bits per heavy atom. The van der Waals surface area contributed by atoms with Crippen LogP contribution >= 0.6 is 0 Å². The predicted octanol–water partition coefficient (Wildman–Crippen LogP) is 1.04. The van der Waals surface area contributed by atoms with E-state index in [1.165, 1.54) is 0 Å². The minimum atomic E-state index is -4.17. The van der Waals surface area contributed by atoms with Gasteiger partial charge in [-0.3, -0.25) is 0 Å². The maximum Gasteiger partial charge on any atom is 0.342 e. The smallest absolute Gasteiger partial charge is 0.342 e. The standard InChI is InChI=1S/C10H12FNO4S/c1-2-6-16-10(13)9-7(11)4-3-5-8(9)17(12,14)15/h3-5H,2,6H2,1H3,(H2,12,14,15). The number of ether oxygens (including phenoxy) is 1. The van der Waals surface area contributed by atoms with E-state index < -0.39 is 32.3 Å². The van der Waals surface area contributed by atoms with E-state index in [-0.39, 0.29) is 6.61 Å². The number of rotatable bonds is 4. The molecule has 0 atom stereocenters. The Morgan fingerprint density at radius 2 is 2.12 bits per heavy atom. The maximum absolute atomic E-state index is 13.4. The number of halogens is 1. The second-order valence-corrected chi connectivity index (χ2v) is 4.82. The molecule has 0 bridgehead atoms. The molecular weight excluding hydrogens is 249 g/mol. The van der Waals surface area contributed by atoms with Crippen LogP contribution in [0, 0.1) is 5.82 Å². The first-order valence-electron chi connectivity index (χ1n) is 4.86. The van der Waals surface area contributed by atoms with E-state index in [9.17, 15) is 17.6 Å². The van der Waals surface area contributed by atoms with Crippen molar-refractivity contribution in [2.24, 2.45) is 5.14 Å². The molecule has 0 saturated carbocycles. The van der Waals surface area contributed by atoms with Crippen molar-refractivity contribution in [1.29, 1.82) is 0 Å². The molecular formula is C10H12FNO4S. The fourth-order valence-corrected chi connectivity index (χ4v) is 1.94. The van der Waals surface area contributed by atoms with Crippen LogP contribution in [0.2, 0.25) is 0 Å². The summed E-state index contributed by atoms with van der Waals surface area (Å²) >= 11 is 0. The van der Waals surface area contributed by atoms with E-state index in [1.54, 1.807) is 6.92 Å². The van der Waals surface area contributed by atoms with Crippen LogP contribution in [0.25, 0.3) is 0 Å². The zero-order chi connectivity index (χ0) is 13.1. The van der Waals surface area contributed by atoms with E-state index in [0.717, 1.165) is 18.2 Å². The average molecular weight is 261 g/mol. The molecule has 0 fully saturated rings. The summed E-state index contributed by atoms with van der Waals surface area (Å²) in [5.74, 6) is -2.01. The molecule has 2 N–H and O–H groups in total. The summed E-state index contributed by atoms with van der Waals surface area (Å²) in [5, 5.41) is 4.89.